The lowest BCUT2D eigenvalue weighted by Gasteiger charge is -2.13. The van der Waals surface area contributed by atoms with Crippen LogP contribution in [0.2, 0.25) is 0 Å². The topological polar surface area (TPSA) is 54.2 Å². The number of anilines is 1. The van der Waals surface area contributed by atoms with Crippen molar-refractivity contribution in [3.8, 4) is 0 Å². The van der Waals surface area contributed by atoms with Gasteiger partial charge in [-0.05, 0) is 31.9 Å². The molecule has 0 aromatic carbocycles. The molecule has 3 rings (SSSR count). The van der Waals surface area contributed by atoms with Gasteiger partial charge in [-0.1, -0.05) is 20.8 Å². The largest absolute Gasteiger partial charge is 0.368 e. The summed E-state index contributed by atoms with van der Waals surface area (Å²) in [5.74, 6) is 0.929. The highest BCUT2D eigenvalue weighted by Crippen LogP contribution is 2.24. The number of aromatic nitrogens is 3. The van der Waals surface area contributed by atoms with Crippen LogP contribution in [0.3, 0.4) is 0 Å². The van der Waals surface area contributed by atoms with Crippen molar-refractivity contribution in [3.63, 3.8) is 0 Å². The van der Waals surface area contributed by atoms with Gasteiger partial charge >= 0.3 is 0 Å². The summed E-state index contributed by atoms with van der Waals surface area (Å²) in [4.78, 5) is 4.47. The van der Waals surface area contributed by atoms with Gasteiger partial charge in [0.25, 0.3) is 0 Å². The van der Waals surface area contributed by atoms with Crippen LogP contribution in [-0.2, 0) is 5.41 Å². The Balaban J connectivity index is 1.73. The molecule has 2 aromatic heterocycles. The highest BCUT2D eigenvalue weighted by atomic mass is 15.2. The monoisotopic (exact) mass is 287 g/mol. The zero-order valence-corrected chi connectivity index (χ0v) is 13.2. The molecule has 114 valence electrons. The van der Waals surface area contributed by atoms with Crippen LogP contribution in [0.4, 0.5) is 5.82 Å². The average Bonchev–Trinajstić information content (AvgIpc) is 3.06. The Bertz CT molecular complexity index is 605. The third-order valence-electron chi connectivity index (χ3n) is 4.11. The predicted octanol–water partition coefficient (Wildman–Crippen LogP) is 2.58. The summed E-state index contributed by atoms with van der Waals surface area (Å²) in [7, 11) is 0. The summed E-state index contributed by atoms with van der Waals surface area (Å²) >= 11 is 0. The Labute approximate surface area is 126 Å². The molecular formula is C16H25N5. The Hall–Kier alpha value is -1.62. The number of nitrogens with one attached hydrogen (secondary N) is 2. The van der Waals surface area contributed by atoms with Crippen LogP contribution in [0.15, 0.2) is 18.5 Å². The molecule has 1 saturated heterocycles. The van der Waals surface area contributed by atoms with E-state index in [-0.39, 0.29) is 5.41 Å². The zero-order chi connectivity index (χ0) is 14.9. The highest BCUT2D eigenvalue weighted by molar-refractivity contribution is 5.68. The molecule has 0 bridgehead atoms. The first-order valence-electron chi connectivity index (χ1n) is 7.86. The van der Waals surface area contributed by atoms with E-state index in [0.29, 0.717) is 6.04 Å². The quantitative estimate of drug-likeness (QED) is 0.907. The number of nitrogens with zero attached hydrogens (tertiary/aromatic N) is 3. The van der Waals surface area contributed by atoms with Crippen LogP contribution in [0, 0.1) is 0 Å². The molecular weight excluding hydrogens is 262 g/mol. The maximum atomic E-state index is 4.65. The summed E-state index contributed by atoms with van der Waals surface area (Å²) in [5.41, 5.74) is 2.20. The van der Waals surface area contributed by atoms with Crippen molar-refractivity contribution in [2.24, 2.45) is 0 Å². The predicted molar refractivity (Wildman–Crippen MR) is 85.8 cm³/mol. The van der Waals surface area contributed by atoms with Crippen LogP contribution in [0.1, 0.15) is 45.7 Å². The van der Waals surface area contributed by atoms with Crippen LogP contribution in [0.5, 0.6) is 0 Å². The van der Waals surface area contributed by atoms with Crippen LogP contribution in [0.25, 0.3) is 5.52 Å². The van der Waals surface area contributed by atoms with E-state index in [1.807, 2.05) is 16.9 Å². The first-order chi connectivity index (χ1) is 10.0. The molecule has 1 aliphatic rings. The van der Waals surface area contributed by atoms with Crippen LogP contribution < -0.4 is 10.6 Å². The highest BCUT2D eigenvalue weighted by Gasteiger charge is 2.19. The van der Waals surface area contributed by atoms with E-state index in [1.54, 1.807) is 0 Å². The minimum atomic E-state index is 0.0526. The summed E-state index contributed by atoms with van der Waals surface area (Å²) in [6.45, 7) is 8.65. The van der Waals surface area contributed by atoms with Gasteiger partial charge in [0.1, 0.15) is 5.52 Å². The lowest BCUT2D eigenvalue weighted by molar-refractivity contribution is 0.562. The average molecular weight is 287 g/mol. The van der Waals surface area contributed by atoms with Crippen molar-refractivity contribution >= 4 is 11.3 Å². The van der Waals surface area contributed by atoms with Gasteiger partial charge in [0.2, 0.25) is 0 Å². The molecule has 0 saturated carbocycles. The van der Waals surface area contributed by atoms with Crippen LogP contribution >= 0.6 is 0 Å². The van der Waals surface area contributed by atoms with Gasteiger partial charge in [-0.25, -0.2) is 9.50 Å². The van der Waals surface area contributed by atoms with Crippen molar-refractivity contribution in [2.75, 3.05) is 18.4 Å². The fourth-order valence-corrected chi connectivity index (χ4v) is 2.79. The van der Waals surface area contributed by atoms with E-state index >= 15 is 0 Å². The fraction of sp³-hybridized carbons (Fsp3) is 0.625. The van der Waals surface area contributed by atoms with Crippen molar-refractivity contribution in [1.29, 1.82) is 0 Å². The van der Waals surface area contributed by atoms with Crippen molar-refractivity contribution in [2.45, 2.75) is 51.5 Å². The van der Waals surface area contributed by atoms with Gasteiger partial charge in [0.15, 0.2) is 5.82 Å². The molecule has 2 N–H and O–H groups in total. The Morgan fingerprint density at radius 3 is 3.00 bits per heavy atom. The summed E-state index contributed by atoms with van der Waals surface area (Å²) < 4.78 is 1.92. The van der Waals surface area contributed by atoms with Crippen molar-refractivity contribution in [3.05, 3.63) is 24.2 Å². The first-order valence-corrected chi connectivity index (χ1v) is 7.86. The van der Waals surface area contributed by atoms with E-state index in [4.69, 9.17) is 0 Å². The molecule has 1 atom stereocenters. The summed E-state index contributed by atoms with van der Waals surface area (Å²) in [6.07, 6.45) is 7.45. The first kappa shape index (κ1) is 14.3. The number of fused-ring (bicyclic) bond motifs is 1. The standard InChI is InChI=1S/C16H25N5/c1-16(2,3)14-11-13-15(19-9-10-21(13)20-14)18-8-6-12-5-4-7-17-12/h9-12,17H,4-8H2,1-3H3,(H,18,19). The second-order valence-corrected chi connectivity index (χ2v) is 6.89. The maximum absolute atomic E-state index is 4.65. The van der Waals surface area contributed by atoms with Gasteiger partial charge in [0.05, 0.1) is 5.69 Å². The molecule has 2 aromatic rings. The van der Waals surface area contributed by atoms with Crippen LogP contribution in [-0.4, -0.2) is 33.7 Å². The Kier molecular flexibility index (Phi) is 3.85. The minimum absolute atomic E-state index is 0.0526. The van der Waals surface area contributed by atoms with Gasteiger partial charge in [-0.15, -0.1) is 0 Å². The normalized spacial score (nSPS) is 19.3. The van der Waals surface area contributed by atoms with Gasteiger partial charge < -0.3 is 10.6 Å². The molecule has 5 heteroatoms. The Morgan fingerprint density at radius 2 is 2.29 bits per heavy atom. The minimum Gasteiger partial charge on any atom is -0.368 e. The SMILES string of the molecule is CC(C)(C)c1cc2c(NCCC3CCCN3)nccn2n1. The lowest BCUT2D eigenvalue weighted by Crippen LogP contribution is -2.24. The number of hydrogen-bond acceptors (Lipinski definition) is 4. The molecule has 0 radical (unpaired) electrons. The summed E-state index contributed by atoms with van der Waals surface area (Å²) in [6, 6.07) is 2.80. The molecule has 0 amide bonds. The van der Waals surface area contributed by atoms with E-state index in [0.717, 1.165) is 36.5 Å². The van der Waals surface area contributed by atoms with E-state index in [2.05, 4.69) is 47.6 Å². The number of hydrogen-bond donors (Lipinski definition) is 2. The third-order valence-corrected chi connectivity index (χ3v) is 4.11. The van der Waals surface area contributed by atoms with Crippen molar-refractivity contribution in [1.82, 2.24) is 19.9 Å². The molecule has 1 fully saturated rings. The zero-order valence-electron chi connectivity index (χ0n) is 13.2. The molecule has 1 aliphatic heterocycles. The smallest absolute Gasteiger partial charge is 0.152 e. The third kappa shape index (κ3) is 3.18. The molecule has 5 nitrogen and oxygen atoms in total. The van der Waals surface area contributed by atoms with E-state index in [9.17, 15) is 0 Å². The van der Waals surface area contributed by atoms with Gasteiger partial charge in [-0.3, -0.25) is 0 Å². The molecule has 0 aliphatic carbocycles. The Morgan fingerprint density at radius 1 is 1.43 bits per heavy atom. The van der Waals surface area contributed by atoms with Gasteiger partial charge in [-0.2, -0.15) is 5.10 Å². The molecule has 21 heavy (non-hydrogen) atoms. The molecule has 1 unspecified atom stereocenters. The lowest BCUT2D eigenvalue weighted by atomic mass is 9.92. The fourth-order valence-electron chi connectivity index (χ4n) is 2.79. The van der Waals surface area contributed by atoms with E-state index in [1.165, 1.54) is 12.8 Å². The second-order valence-electron chi connectivity index (χ2n) is 6.89. The van der Waals surface area contributed by atoms with E-state index < -0.39 is 0 Å². The maximum Gasteiger partial charge on any atom is 0.152 e. The molecule has 3 heterocycles. The second kappa shape index (κ2) is 5.64. The van der Waals surface area contributed by atoms with Crippen molar-refractivity contribution < 1.29 is 0 Å². The molecule has 0 spiro atoms. The van der Waals surface area contributed by atoms with Gasteiger partial charge in [0, 0.05) is 30.4 Å². The summed E-state index contributed by atoms with van der Waals surface area (Å²) in [5, 5.41) is 11.6. The number of rotatable bonds is 4.